The number of amides is 2. The number of hydrogen-bond acceptors (Lipinski definition) is 5. The molecule has 8 heteroatoms. The Morgan fingerprint density at radius 3 is 2.71 bits per heavy atom. The van der Waals surface area contributed by atoms with Gasteiger partial charge in [-0.05, 0) is 49.2 Å². The van der Waals surface area contributed by atoms with E-state index >= 15 is 0 Å². The van der Waals surface area contributed by atoms with E-state index in [1.807, 2.05) is 25.1 Å². The first kappa shape index (κ1) is 22.5. The molecule has 3 aromatic carbocycles. The van der Waals surface area contributed by atoms with Crippen LogP contribution in [-0.2, 0) is 11.2 Å². The number of fused-ring (bicyclic) bond motifs is 1. The zero-order chi connectivity index (χ0) is 24.5. The van der Waals surface area contributed by atoms with Crippen molar-refractivity contribution in [2.75, 3.05) is 30.0 Å². The van der Waals surface area contributed by atoms with Gasteiger partial charge in [0.1, 0.15) is 5.75 Å². The van der Waals surface area contributed by atoms with Crippen LogP contribution in [0.1, 0.15) is 33.6 Å². The number of phenolic OH excluding ortho intramolecular Hbond substituents is 1. The number of carbonyl (C=O) groups is 2. The normalized spacial score (nSPS) is 13.7. The van der Waals surface area contributed by atoms with Crippen molar-refractivity contribution in [3.05, 3.63) is 83.0 Å². The first-order valence-electron chi connectivity index (χ1n) is 11.5. The SMILES string of the molecule is Cc1cccc(Cc2n[nH]c3cc(O)c(C(=O)N(C)c4ccc(N5CCCOC5=O)cc4)cc23)c1. The van der Waals surface area contributed by atoms with Crippen LogP contribution in [0, 0.1) is 6.92 Å². The summed E-state index contributed by atoms with van der Waals surface area (Å²) in [4.78, 5) is 28.4. The molecule has 178 valence electrons. The predicted octanol–water partition coefficient (Wildman–Crippen LogP) is 4.79. The number of rotatable bonds is 5. The fourth-order valence-electron chi connectivity index (χ4n) is 4.37. The Labute approximate surface area is 202 Å². The monoisotopic (exact) mass is 470 g/mol. The third-order valence-electron chi connectivity index (χ3n) is 6.27. The number of ether oxygens (including phenoxy) is 1. The Bertz CT molecular complexity index is 1410. The van der Waals surface area contributed by atoms with Gasteiger partial charge in [-0.2, -0.15) is 5.10 Å². The van der Waals surface area contributed by atoms with Crippen LogP contribution in [0.5, 0.6) is 5.75 Å². The van der Waals surface area contributed by atoms with Crippen LogP contribution in [-0.4, -0.2) is 47.5 Å². The second-order valence-electron chi connectivity index (χ2n) is 8.75. The molecule has 2 N–H and O–H groups in total. The van der Waals surface area contributed by atoms with Crippen molar-refractivity contribution in [3.63, 3.8) is 0 Å². The Balaban J connectivity index is 1.40. The highest BCUT2D eigenvalue weighted by Gasteiger charge is 2.23. The standard InChI is InChI=1S/C27H26N4O4/c1-17-5-3-6-18(13-17)14-23-21-15-22(25(32)16-24(21)29-28-23)26(33)30(2)19-7-9-20(10-8-19)31-11-4-12-35-27(31)34/h3,5-10,13,15-16,32H,4,11-12,14H2,1-2H3,(H,28,29). The van der Waals surface area contributed by atoms with E-state index < -0.39 is 0 Å². The fraction of sp³-hybridized carbons (Fsp3) is 0.222. The Kier molecular flexibility index (Phi) is 5.86. The minimum atomic E-state index is -0.367. The number of aromatic nitrogens is 2. The average molecular weight is 471 g/mol. The van der Waals surface area contributed by atoms with E-state index in [2.05, 4.69) is 16.3 Å². The average Bonchev–Trinajstić information content (AvgIpc) is 3.24. The fourth-order valence-corrected chi connectivity index (χ4v) is 4.37. The van der Waals surface area contributed by atoms with E-state index in [0.717, 1.165) is 23.1 Å². The lowest BCUT2D eigenvalue weighted by atomic mass is 10.0. The maximum atomic E-state index is 13.3. The highest BCUT2D eigenvalue weighted by molar-refractivity contribution is 6.09. The van der Waals surface area contributed by atoms with Crippen molar-refractivity contribution < 1.29 is 19.4 Å². The summed E-state index contributed by atoms with van der Waals surface area (Å²) < 4.78 is 5.10. The van der Waals surface area contributed by atoms with Gasteiger partial charge in [-0.25, -0.2) is 4.79 Å². The van der Waals surface area contributed by atoms with Gasteiger partial charge in [-0.1, -0.05) is 29.8 Å². The van der Waals surface area contributed by atoms with Gasteiger partial charge in [0.15, 0.2) is 0 Å². The number of anilines is 2. The highest BCUT2D eigenvalue weighted by atomic mass is 16.6. The van der Waals surface area contributed by atoms with Crippen molar-refractivity contribution in [1.82, 2.24) is 10.2 Å². The lowest BCUT2D eigenvalue weighted by Gasteiger charge is -2.27. The van der Waals surface area contributed by atoms with Crippen molar-refractivity contribution >= 4 is 34.3 Å². The van der Waals surface area contributed by atoms with Gasteiger partial charge in [0.05, 0.1) is 23.4 Å². The van der Waals surface area contributed by atoms with Crippen molar-refractivity contribution in [3.8, 4) is 5.75 Å². The molecule has 1 fully saturated rings. The van der Waals surface area contributed by atoms with E-state index in [9.17, 15) is 14.7 Å². The van der Waals surface area contributed by atoms with Crippen LogP contribution in [0.4, 0.5) is 16.2 Å². The first-order valence-corrected chi connectivity index (χ1v) is 11.5. The lowest BCUT2D eigenvalue weighted by Crippen LogP contribution is -2.37. The molecule has 35 heavy (non-hydrogen) atoms. The number of aromatic hydroxyl groups is 1. The maximum Gasteiger partial charge on any atom is 0.414 e. The summed E-state index contributed by atoms with van der Waals surface area (Å²) in [5.74, 6) is -0.468. The molecule has 0 spiro atoms. The van der Waals surface area contributed by atoms with Crippen molar-refractivity contribution in [1.29, 1.82) is 0 Å². The van der Waals surface area contributed by atoms with E-state index in [1.54, 1.807) is 42.3 Å². The smallest absolute Gasteiger partial charge is 0.414 e. The number of nitrogens with zero attached hydrogens (tertiary/aromatic N) is 3. The Morgan fingerprint density at radius 2 is 1.97 bits per heavy atom. The van der Waals surface area contributed by atoms with E-state index in [1.165, 1.54) is 16.5 Å². The number of phenols is 1. The minimum Gasteiger partial charge on any atom is -0.507 e. The number of nitrogens with one attached hydrogen (secondary N) is 1. The van der Waals surface area contributed by atoms with Gasteiger partial charge in [0.25, 0.3) is 5.91 Å². The predicted molar refractivity (Wildman–Crippen MR) is 134 cm³/mol. The van der Waals surface area contributed by atoms with E-state index in [4.69, 9.17) is 4.74 Å². The molecule has 4 aromatic rings. The zero-order valence-corrected chi connectivity index (χ0v) is 19.6. The van der Waals surface area contributed by atoms with Gasteiger partial charge in [0, 0.05) is 42.8 Å². The summed E-state index contributed by atoms with van der Waals surface area (Å²) in [6, 6.07) is 18.5. The Morgan fingerprint density at radius 1 is 1.17 bits per heavy atom. The molecule has 1 aromatic heterocycles. The molecule has 0 atom stereocenters. The highest BCUT2D eigenvalue weighted by Crippen LogP contribution is 2.30. The van der Waals surface area contributed by atoms with Gasteiger partial charge in [-0.3, -0.25) is 14.8 Å². The first-order chi connectivity index (χ1) is 16.9. The minimum absolute atomic E-state index is 0.118. The third-order valence-corrected chi connectivity index (χ3v) is 6.27. The lowest BCUT2D eigenvalue weighted by molar-refractivity contribution is 0.0990. The molecule has 1 saturated heterocycles. The van der Waals surface area contributed by atoms with Crippen LogP contribution in [0.15, 0.2) is 60.7 Å². The maximum absolute atomic E-state index is 13.3. The summed E-state index contributed by atoms with van der Waals surface area (Å²) in [6.07, 6.45) is 1.01. The summed E-state index contributed by atoms with van der Waals surface area (Å²) >= 11 is 0. The van der Waals surface area contributed by atoms with Crippen LogP contribution in [0.3, 0.4) is 0 Å². The van der Waals surface area contributed by atoms with Gasteiger partial charge < -0.3 is 14.7 Å². The summed E-state index contributed by atoms with van der Waals surface area (Å²) in [5, 5.41) is 18.8. The molecular formula is C27H26N4O4. The number of aryl methyl sites for hydroxylation is 1. The second kappa shape index (κ2) is 9.13. The molecule has 0 unspecified atom stereocenters. The number of benzene rings is 3. The zero-order valence-electron chi connectivity index (χ0n) is 19.6. The molecule has 0 saturated carbocycles. The van der Waals surface area contributed by atoms with E-state index in [-0.39, 0.29) is 23.3 Å². The summed E-state index contributed by atoms with van der Waals surface area (Å²) in [7, 11) is 1.65. The number of carbonyl (C=O) groups excluding carboxylic acids is 2. The topological polar surface area (TPSA) is 98.8 Å². The number of H-pyrrole nitrogens is 1. The van der Waals surface area contributed by atoms with E-state index in [0.29, 0.717) is 36.5 Å². The molecule has 8 nitrogen and oxygen atoms in total. The molecule has 1 aliphatic rings. The summed E-state index contributed by atoms with van der Waals surface area (Å²) in [5.41, 5.74) is 5.30. The molecule has 1 aliphatic heterocycles. The van der Waals surface area contributed by atoms with Crippen molar-refractivity contribution in [2.45, 2.75) is 19.8 Å². The number of aromatic amines is 1. The van der Waals surface area contributed by atoms with Gasteiger partial charge >= 0.3 is 6.09 Å². The second-order valence-corrected chi connectivity index (χ2v) is 8.75. The largest absolute Gasteiger partial charge is 0.507 e. The van der Waals surface area contributed by atoms with Crippen LogP contribution in [0.2, 0.25) is 0 Å². The van der Waals surface area contributed by atoms with Crippen LogP contribution >= 0.6 is 0 Å². The Hall–Kier alpha value is -4.33. The molecule has 2 heterocycles. The van der Waals surface area contributed by atoms with Gasteiger partial charge in [0.2, 0.25) is 0 Å². The number of cyclic esters (lactones) is 1. The molecule has 0 aliphatic carbocycles. The molecule has 5 rings (SSSR count). The molecular weight excluding hydrogens is 444 g/mol. The van der Waals surface area contributed by atoms with Gasteiger partial charge in [-0.15, -0.1) is 0 Å². The van der Waals surface area contributed by atoms with Crippen LogP contribution in [0.25, 0.3) is 10.9 Å². The molecule has 2 amide bonds. The number of hydrogen-bond donors (Lipinski definition) is 2. The molecule has 0 radical (unpaired) electrons. The molecule has 0 bridgehead atoms. The van der Waals surface area contributed by atoms with Crippen LogP contribution < -0.4 is 9.80 Å². The quantitative estimate of drug-likeness (QED) is 0.437. The third kappa shape index (κ3) is 4.42. The summed E-state index contributed by atoms with van der Waals surface area (Å²) in [6.45, 7) is 3.07. The van der Waals surface area contributed by atoms with Crippen molar-refractivity contribution in [2.24, 2.45) is 0 Å².